The van der Waals surface area contributed by atoms with Gasteiger partial charge in [0, 0.05) is 5.02 Å². The molecule has 3 aromatic rings. The van der Waals surface area contributed by atoms with Crippen LogP contribution in [-0.2, 0) is 20.8 Å². The summed E-state index contributed by atoms with van der Waals surface area (Å²) in [5.41, 5.74) is 3.88. The number of alkyl halides is 3. The molecule has 0 bridgehead atoms. The van der Waals surface area contributed by atoms with Crippen LogP contribution in [0.25, 0.3) is 0 Å². The van der Waals surface area contributed by atoms with Crippen molar-refractivity contribution in [3.63, 3.8) is 0 Å². The molecule has 0 aliphatic rings. The van der Waals surface area contributed by atoms with E-state index in [1.54, 1.807) is 18.2 Å². The molecule has 3 rings (SSSR count). The molecule has 1 amide bonds. The highest BCUT2D eigenvalue weighted by atomic mass is 35.5. The Morgan fingerprint density at radius 1 is 0.939 bits per heavy atom. The molecular formula is C22H17ClF4N2O3S. The fraction of sp³-hybridized carbons (Fsp3) is 0.136. The van der Waals surface area contributed by atoms with E-state index in [9.17, 15) is 30.8 Å². The van der Waals surface area contributed by atoms with Crippen molar-refractivity contribution in [2.45, 2.75) is 22.5 Å². The largest absolute Gasteiger partial charge is 0.419 e. The van der Waals surface area contributed by atoms with Gasteiger partial charge in [0.15, 0.2) is 9.84 Å². The topological polar surface area (TPSA) is 89.3 Å². The summed E-state index contributed by atoms with van der Waals surface area (Å²) in [6, 6.07) is 13.3. The van der Waals surface area contributed by atoms with Crippen LogP contribution in [0.1, 0.15) is 28.1 Å². The molecule has 0 heterocycles. The molecule has 0 spiro atoms. The number of halogens is 5. The maximum Gasteiger partial charge on any atom is 0.419 e. The van der Waals surface area contributed by atoms with E-state index < -0.39 is 44.7 Å². The zero-order valence-corrected chi connectivity index (χ0v) is 18.3. The van der Waals surface area contributed by atoms with E-state index in [2.05, 4.69) is 5.32 Å². The van der Waals surface area contributed by atoms with Gasteiger partial charge in [0.1, 0.15) is 17.2 Å². The van der Waals surface area contributed by atoms with Gasteiger partial charge in [-0.3, -0.25) is 10.1 Å². The molecule has 1 unspecified atom stereocenters. The van der Waals surface area contributed by atoms with Crippen molar-refractivity contribution in [3.8, 4) is 0 Å². The number of hydrogen-bond acceptors (Lipinski definition) is 4. The smallest absolute Gasteiger partial charge is 0.368 e. The molecule has 0 aliphatic carbocycles. The van der Waals surface area contributed by atoms with Crippen LogP contribution in [-0.4, -0.2) is 14.3 Å². The second-order valence-corrected chi connectivity index (χ2v) is 9.50. The molecule has 174 valence electrons. The minimum absolute atomic E-state index is 0.248. The Balaban J connectivity index is 2.15. The second kappa shape index (κ2) is 9.50. The van der Waals surface area contributed by atoms with E-state index in [0.29, 0.717) is 17.7 Å². The van der Waals surface area contributed by atoms with Gasteiger partial charge in [-0.2, -0.15) is 13.2 Å². The molecule has 11 heteroatoms. The molecule has 3 aromatic carbocycles. The predicted molar refractivity (Wildman–Crippen MR) is 114 cm³/mol. The predicted octanol–water partition coefficient (Wildman–Crippen LogP) is 4.79. The van der Waals surface area contributed by atoms with E-state index >= 15 is 0 Å². The van der Waals surface area contributed by atoms with Gasteiger partial charge in [0.05, 0.1) is 10.5 Å². The third kappa shape index (κ3) is 5.52. The van der Waals surface area contributed by atoms with Gasteiger partial charge in [-0.1, -0.05) is 48.0 Å². The quantitative estimate of drug-likeness (QED) is 0.457. The van der Waals surface area contributed by atoms with Crippen LogP contribution in [0.4, 0.5) is 17.6 Å². The normalized spacial score (nSPS) is 14.0. The van der Waals surface area contributed by atoms with Crippen molar-refractivity contribution in [1.29, 1.82) is 0 Å². The number of carbonyl (C=O) groups is 1. The van der Waals surface area contributed by atoms with E-state index in [1.807, 2.05) is 0 Å². The number of sulfone groups is 1. The molecule has 0 saturated carbocycles. The highest BCUT2D eigenvalue weighted by Crippen LogP contribution is 2.35. The minimum Gasteiger partial charge on any atom is -0.368 e. The van der Waals surface area contributed by atoms with Crippen LogP contribution in [0.2, 0.25) is 5.02 Å². The van der Waals surface area contributed by atoms with Crippen molar-refractivity contribution in [2.24, 2.45) is 5.73 Å². The summed E-state index contributed by atoms with van der Waals surface area (Å²) in [7, 11) is -4.40. The lowest BCUT2D eigenvalue weighted by Gasteiger charge is -2.25. The Morgan fingerprint density at radius 3 is 2.06 bits per heavy atom. The Kier molecular flexibility index (Phi) is 7.11. The van der Waals surface area contributed by atoms with Crippen molar-refractivity contribution in [3.05, 3.63) is 100 Å². The first kappa shape index (κ1) is 24.7. The lowest BCUT2D eigenvalue weighted by atomic mass is 10.1. The van der Waals surface area contributed by atoms with Crippen molar-refractivity contribution in [2.75, 3.05) is 0 Å². The maximum atomic E-state index is 14.3. The number of benzene rings is 3. The molecule has 0 radical (unpaired) electrons. The highest BCUT2D eigenvalue weighted by Gasteiger charge is 2.37. The monoisotopic (exact) mass is 500 g/mol. The van der Waals surface area contributed by atoms with Crippen LogP contribution in [0.15, 0.2) is 77.7 Å². The van der Waals surface area contributed by atoms with Gasteiger partial charge in [-0.15, -0.1) is 0 Å². The first-order chi connectivity index (χ1) is 15.4. The Morgan fingerprint density at radius 2 is 1.55 bits per heavy atom. The standard InChI is InChI=1S/C22H17ClF4N2O3S/c23-15-7-9-16(10-8-15)33(31,32)21(14-6-11-17(18(24)12-14)22(25,26)27)29-19(20(28)30)13-4-2-1-3-5-13/h1-12,19,21,29H,(H2,28,30)/t19?,21-/m1/s1. The SMILES string of the molecule is NC(=O)C(N[C@@H](c1ccc(C(F)(F)F)c(F)c1)S(=O)(=O)c1ccc(Cl)cc1)c1ccccc1. The summed E-state index contributed by atoms with van der Waals surface area (Å²) < 4.78 is 80.2. The number of carbonyl (C=O) groups excluding carboxylic acids is 1. The number of hydrogen-bond donors (Lipinski definition) is 2. The maximum absolute atomic E-state index is 14.3. The van der Waals surface area contributed by atoms with Crippen LogP contribution in [0.3, 0.4) is 0 Å². The molecule has 2 atom stereocenters. The third-order valence-corrected chi connectivity index (χ3v) is 7.00. The molecule has 0 fully saturated rings. The molecule has 33 heavy (non-hydrogen) atoms. The summed E-state index contributed by atoms with van der Waals surface area (Å²) in [6.07, 6.45) is -4.97. The number of amides is 1. The molecular weight excluding hydrogens is 484 g/mol. The zero-order valence-electron chi connectivity index (χ0n) is 16.7. The average molecular weight is 501 g/mol. The van der Waals surface area contributed by atoms with E-state index in [0.717, 1.165) is 6.07 Å². The summed E-state index contributed by atoms with van der Waals surface area (Å²) in [4.78, 5) is 11.9. The summed E-state index contributed by atoms with van der Waals surface area (Å²) >= 11 is 5.82. The zero-order chi connectivity index (χ0) is 24.4. The number of nitrogens with one attached hydrogen (secondary N) is 1. The Labute approximate surface area is 192 Å². The lowest BCUT2D eigenvalue weighted by molar-refractivity contribution is -0.140. The first-order valence-electron chi connectivity index (χ1n) is 9.37. The number of rotatable bonds is 7. The molecule has 3 N–H and O–H groups in total. The van der Waals surface area contributed by atoms with Gasteiger partial charge >= 0.3 is 6.18 Å². The van der Waals surface area contributed by atoms with Gasteiger partial charge in [-0.05, 0) is 47.5 Å². The molecule has 0 aromatic heterocycles. The second-order valence-electron chi connectivity index (χ2n) is 7.03. The van der Waals surface area contributed by atoms with E-state index in [4.69, 9.17) is 17.3 Å². The van der Waals surface area contributed by atoms with Gasteiger partial charge in [0.2, 0.25) is 5.91 Å². The molecule has 5 nitrogen and oxygen atoms in total. The van der Waals surface area contributed by atoms with Crippen molar-refractivity contribution >= 4 is 27.3 Å². The number of nitrogens with two attached hydrogens (primary N) is 1. The van der Waals surface area contributed by atoms with Crippen LogP contribution in [0, 0.1) is 5.82 Å². The summed E-state index contributed by atoms with van der Waals surface area (Å²) in [5.74, 6) is -2.60. The van der Waals surface area contributed by atoms with Crippen molar-refractivity contribution in [1.82, 2.24) is 5.32 Å². The van der Waals surface area contributed by atoms with Crippen LogP contribution >= 0.6 is 11.6 Å². The van der Waals surface area contributed by atoms with Crippen LogP contribution in [0.5, 0.6) is 0 Å². The summed E-state index contributed by atoms with van der Waals surface area (Å²) in [6.45, 7) is 0. The van der Waals surface area contributed by atoms with E-state index in [-0.39, 0.29) is 15.5 Å². The third-order valence-electron chi connectivity index (χ3n) is 4.79. The Bertz CT molecular complexity index is 1250. The Hall–Kier alpha value is -2.95. The van der Waals surface area contributed by atoms with E-state index in [1.165, 1.54) is 36.4 Å². The lowest BCUT2D eigenvalue weighted by Crippen LogP contribution is -2.39. The molecule has 0 saturated heterocycles. The van der Waals surface area contributed by atoms with Gasteiger partial charge in [-0.25, -0.2) is 12.8 Å². The summed E-state index contributed by atoms with van der Waals surface area (Å²) in [5, 5.41) is 1.02. The average Bonchev–Trinajstić information content (AvgIpc) is 2.74. The minimum atomic E-state index is -4.97. The number of primary amides is 1. The first-order valence-corrected chi connectivity index (χ1v) is 11.3. The van der Waals surface area contributed by atoms with Gasteiger partial charge in [0.25, 0.3) is 0 Å². The van der Waals surface area contributed by atoms with Crippen LogP contribution < -0.4 is 11.1 Å². The van der Waals surface area contributed by atoms with Gasteiger partial charge < -0.3 is 5.73 Å². The van der Waals surface area contributed by atoms with Crippen molar-refractivity contribution < 1.29 is 30.8 Å². The fourth-order valence-corrected chi connectivity index (χ4v) is 4.92. The molecule has 0 aliphatic heterocycles. The fourth-order valence-electron chi connectivity index (χ4n) is 3.19. The highest BCUT2D eigenvalue weighted by molar-refractivity contribution is 7.91.